The van der Waals surface area contributed by atoms with Crippen LogP contribution in [0.4, 0.5) is 0 Å². The number of aromatic nitrogens is 2. The molecule has 0 spiro atoms. The Bertz CT molecular complexity index is 1140. The summed E-state index contributed by atoms with van der Waals surface area (Å²) in [4.78, 5) is 26.6. The molecular formula is C23H18BrN3O2. The lowest BCUT2D eigenvalue weighted by molar-refractivity contribution is 0.0672. The van der Waals surface area contributed by atoms with Crippen molar-refractivity contribution in [1.82, 2.24) is 14.7 Å². The molecule has 5 rings (SSSR count). The highest BCUT2D eigenvalue weighted by Crippen LogP contribution is 2.33. The molecule has 5 nitrogen and oxygen atoms in total. The predicted molar refractivity (Wildman–Crippen MR) is 114 cm³/mol. The molecule has 0 radical (unpaired) electrons. The van der Waals surface area contributed by atoms with Crippen LogP contribution in [0.25, 0.3) is 11.3 Å². The quantitative estimate of drug-likeness (QED) is 0.549. The van der Waals surface area contributed by atoms with Crippen LogP contribution in [0.2, 0.25) is 0 Å². The monoisotopic (exact) mass is 447 g/mol. The Labute approximate surface area is 176 Å². The van der Waals surface area contributed by atoms with Gasteiger partial charge in [0.15, 0.2) is 0 Å². The first-order valence-corrected chi connectivity index (χ1v) is 10.4. The number of aryl methyl sites for hydroxylation is 1. The van der Waals surface area contributed by atoms with E-state index in [1.165, 1.54) is 10.5 Å². The third kappa shape index (κ3) is 3.04. The molecule has 1 aromatic heterocycles. The van der Waals surface area contributed by atoms with E-state index in [0.717, 1.165) is 40.7 Å². The summed E-state index contributed by atoms with van der Waals surface area (Å²) in [6.07, 6.45) is 6.84. The number of hydrogen-bond donors (Lipinski definition) is 0. The van der Waals surface area contributed by atoms with Gasteiger partial charge < -0.3 is 0 Å². The van der Waals surface area contributed by atoms with Crippen molar-refractivity contribution in [3.8, 4) is 5.69 Å². The summed E-state index contributed by atoms with van der Waals surface area (Å²) < 4.78 is 2.94. The molecule has 0 atom stereocenters. The molecule has 29 heavy (non-hydrogen) atoms. The number of rotatable bonds is 3. The van der Waals surface area contributed by atoms with Crippen LogP contribution in [-0.2, 0) is 6.42 Å². The third-order valence-electron chi connectivity index (χ3n) is 5.49. The van der Waals surface area contributed by atoms with Crippen LogP contribution in [-0.4, -0.2) is 33.0 Å². The molecule has 144 valence electrons. The maximum absolute atomic E-state index is 12.7. The van der Waals surface area contributed by atoms with Crippen molar-refractivity contribution >= 4 is 33.3 Å². The van der Waals surface area contributed by atoms with Crippen molar-refractivity contribution in [2.45, 2.75) is 19.3 Å². The summed E-state index contributed by atoms with van der Waals surface area (Å²) in [5, 5.41) is 4.61. The van der Waals surface area contributed by atoms with Gasteiger partial charge in [0.2, 0.25) is 0 Å². The maximum atomic E-state index is 12.7. The molecule has 2 aromatic carbocycles. The van der Waals surface area contributed by atoms with E-state index < -0.39 is 0 Å². The number of hydrogen-bond acceptors (Lipinski definition) is 3. The Kier molecular flexibility index (Phi) is 4.43. The first-order valence-electron chi connectivity index (χ1n) is 9.61. The van der Waals surface area contributed by atoms with Gasteiger partial charge in [-0.3, -0.25) is 14.5 Å². The molecule has 1 aliphatic carbocycles. The van der Waals surface area contributed by atoms with Gasteiger partial charge in [-0.15, -0.1) is 0 Å². The number of halogens is 1. The molecule has 2 heterocycles. The van der Waals surface area contributed by atoms with Gasteiger partial charge in [0.25, 0.3) is 11.8 Å². The summed E-state index contributed by atoms with van der Waals surface area (Å²) in [6.45, 7) is 0.269. The number of fused-ring (bicyclic) bond motifs is 2. The van der Waals surface area contributed by atoms with E-state index in [1.54, 1.807) is 24.3 Å². The molecule has 6 heteroatoms. The molecule has 0 fully saturated rings. The minimum absolute atomic E-state index is 0.223. The van der Waals surface area contributed by atoms with Gasteiger partial charge in [-0.1, -0.05) is 40.2 Å². The number of carbonyl (C=O) groups excluding carboxylic acids is 2. The standard InChI is InChI=1S/C23H18BrN3O2/c24-17-7-4-8-18(13-17)27-21-15(5-3-6-16(21)14-25-27)11-12-26-22(28)19-9-1-2-10-20(19)23(26)29/h1-2,4,7-11,13-14H,3,5-6,12H2/b15-11+. The van der Waals surface area contributed by atoms with Crippen molar-refractivity contribution in [3.63, 3.8) is 0 Å². The molecular weight excluding hydrogens is 430 g/mol. The topological polar surface area (TPSA) is 55.2 Å². The smallest absolute Gasteiger partial charge is 0.261 e. The van der Waals surface area contributed by atoms with Gasteiger partial charge in [-0.05, 0) is 60.7 Å². The van der Waals surface area contributed by atoms with Gasteiger partial charge in [0.1, 0.15) is 0 Å². The lowest BCUT2D eigenvalue weighted by Gasteiger charge is -2.19. The van der Waals surface area contributed by atoms with Gasteiger partial charge in [0.05, 0.1) is 28.7 Å². The molecule has 3 aromatic rings. The van der Waals surface area contributed by atoms with E-state index in [2.05, 4.69) is 21.0 Å². The van der Waals surface area contributed by atoms with Crippen molar-refractivity contribution in [2.24, 2.45) is 0 Å². The van der Waals surface area contributed by atoms with Crippen LogP contribution < -0.4 is 0 Å². The van der Waals surface area contributed by atoms with Crippen molar-refractivity contribution < 1.29 is 9.59 Å². The Morgan fingerprint density at radius 3 is 2.48 bits per heavy atom. The van der Waals surface area contributed by atoms with E-state index in [-0.39, 0.29) is 18.4 Å². The summed E-state index contributed by atoms with van der Waals surface area (Å²) >= 11 is 3.52. The summed E-state index contributed by atoms with van der Waals surface area (Å²) in [5.74, 6) is -0.446. The fraction of sp³-hybridized carbons (Fsp3) is 0.174. The second-order valence-corrected chi connectivity index (χ2v) is 8.18. The Hall–Kier alpha value is -2.99. The maximum Gasteiger partial charge on any atom is 0.261 e. The zero-order valence-corrected chi connectivity index (χ0v) is 17.2. The van der Waals surface area contributed by atoms with Gasteiger partial charge in [0, 0.05) is 11.0 Å². The van der Waals surface area contributed by atoms with Gasteiger partial charge >= 0.3 is 0 Å². The summed E-state index contributed by atoms with van der Waals surface area (Å²) in [7, 11) is 0. The second-order valence-electron chi connectivity index (χ2n) is 7.26. The van der Waals surface area contributed by atoms with Crippen LogP contribution in [0.1, 0.15) is 44.8 Å². The Morgan fingerprint density at radius 1 is 1.00 bits per heavy atom. The van der Waals surface area contributed by atoms with Crippen LogP contribution in [0.5, 0.6) is 0 Å². The van der Waals surface area contributed by atoms with E-state index in [9.17, 15) is 9.59 Å². The Balaban J connectivity index is 1.49. The molecule has 0 saturated carbocycles. The SMILES string of the molecule is O=C1c2ccccc2C(=O)N1C/C=C1\CCCc2cnn(-c3cccc(Br)c3)c21. The second kappa shape index (κ2) is 7.12. The van der Waals surface area contributed by atoms with Crippen molar-refractivity contribution in [1.29, 1.82) is 0 Å². The molecule has 2 aliphatic rings. The number of allylic oxidation sites excluding steroid dienone is 1. The average molecular weight is 448 g/mol. The molecule has 0 bridgehead atoms. The molecule has 1 aliphatic heterocycles. The zero-order chi connectivity index (χ0) is 20.0. The highest BCUT2D eigenvalue weighted by atomic mass is 79.9. The van der Waals surface area contributed by atoms with E-state index >= 15 is 0 Å². The number of benzene rings is 2. The minimum atomic E-state index is -0.223. The zero-order valence-electron chi connectivity index (χ0n) is 15.6. The number of amides is 2. The summed E-state index contributed by atoms with van der Waals surface area (Å²) in [6, 6.07) is 15.0. The van der Waals surface area contributed by atoms with Crippen LogP contribution in [0, 0.1) is 0 Å². The van der Waals surface area contributed by atoms with Gasteiger partial charge in [-0.25, -0.2) is 4.68 Å². The van der Waals surface area contributed by atoms with E-state index in [1.807, 2.05) is 41.2 Å². The molecule has 0 unspecified atom stereocenters. The fourth-order valence-electron chi connectivity index (χ4n) is 4.10. The first-order chi connectivity index (χ1) is 14.1. The Morgan fingerprint density at radius 2 is 1.76 bits per heavy atom. The van der Waals surface area contributed by atoms with E-state index in [0.29, 0.717) is 11.1 Å². The van der Waals surface area contributed by atoms with Gasteiger partial charge in [-0.2, -0.15) is 5.10 Å². The van der Waals surface area contributed by atoms with E-state index in [4.69, 9.17) is 0 Å². The molecule has 0 saturated heterocycles. The number of carbonyl (C=O) groups is 2. The van der Waals surface area contributed by atoms with Crippen LogP contribution >= 0.6 is 15.9 Å². The number of imide groups is 1. The normalized spacial score (nSPS) is 17.0. The van der Waals surface area contributed by atoms with Crippen molar-refractivity contribution in [3.05, 3.63) is 87.7 Å². The minimum Gasteiger partial charge on any atom is -0.270 e. The molecule has 2 amide bonds. The van der Waals surface area contributed by atoms with Crippen molar-refractivity contribution in [2.75, 3.05) is 6.54 Å². The lowest BCUT2D eigenvalue weighted by atomic mass is 9.92. The predicted octanol–water partition coefficient (Wildman–Crippen LogP) is 4.65. The third-order valence-corrected chi connectivity index (χ3v) is 5.99. The summed E-state index contributed by atoms with van der Waals surface area (Å²) in [5.41, 5.74) is 5.35. The highest BCUT2D eigenvalue weighted by Gasteiger charge is 2.34. The largest absolute Gasteiger partial charge is 0.270 e. The fourth-order valence-corrected chi connectivity index (χ4v) is 4.49. The number of nitrogens with zero attached hydrogens (tertiary/aromatic N) is 3. The average Bonchev–Trinajstić information content (AvgIpc) is 3.27. The lowest BCUT2D eigenvalue weighted by Crippen LogP contribution is -2.30. The first kappa shape index (κ1) is 18.1. The molecule has 0 N–H and O–H groups in total. The highest BCUT2D eigenvalue weighted by molar-refractivity contribution is 9.10. The van der Waals surface area contributed by atoms with Crippen LogP contribution in [0.15, 0.2) is 65.3 Å². The van der Waals surface area contributed by atoms with Crippen LogP contribution in [0.3, 0.4) is 0 Å².